The van der Waals surface area contributed by atoms with Crippen LogP contribution in [0.5, 0.6) is 0 Å². The van der Waals surface area contributed by atoms with Gasteiger partial charge in [0.25, 0.3) is 0 Å². The van der Waals surface area contributed by atoms with Gasteiger partial charge >= 0.3 is 0 Å². The van der Waals surface area contributed by atoms with Gasteiger partial charge in [0.1, 0.15) is 0 Å². The summed E-state index contributed by atoms with van der Waals surface area (Å²) in [6.45, 7) is 4.85. The van der Waals surface area contributed by atoms with Crippen LogP contribution in [0.4, 0.5) is 0 Å². The summed E-state index contributed by atoms with van der Waals surface area (Å²) in [7, 11) is 0. The maximum atomic E-state index is 13.1. The molecule has 0 aromatic heterocycles. The van der Waals surface area contributed by atoms with Crippen molar-refractivity contribution in [2.45, 2.75) is 76.9 Å². The molecule has 0 unspecified atom stereocenters. The molecule has 1 aromatic rings. The molecule has 1 saturated carbocycles. The fraction of sp³-hybridized carbons (Fsp3) is 0.593. The van der Waals surface area contributed by atoms with Gasteiger partial charge in [-0.05, 0) is 36.8 Å². The van der Waals surface area contributed by atoms with Crippen LogP contribution in [0.1, 0.15) is 68.6 Å². The van der Waals surface area contributed by atoms with E-state index < -0.39 is 0 Å². The number of nitrogens with one attached hydrogen (secondary N) is 2. The normalized spacial score (nSPS) is 22.2. The largest absolute Gasteiger partial charge is 0.385 e. The van der Waals surface area contributed by atoms with E-state index in [-0.39, 0.29) is 11.8 Å². The molecule has 7 heteroatoms. The second-order valence-corrected chi connectivity index (χ2v) is 10.1. The molecule has 1 aliphatic carbocycles. The summed E-state index contributed by atoms with van der Waals surface area (Å²) in [6.07, 6.45) is 7.59. The minimum atomic E-state index is 0.0351. The fourth-order valence-electron chi connectivity index (χ4n) is 5.97. The Morgan fingerprint density at radius 1 is 1.12 bits per heavy atom. The molecule has 1 aromatic carbocycles. The first-order valence-corrected chi connectivity index (χ1v) is 12.8. The number of nitrogens with zero attached hydrogens (tertiary/aromatic N) is 2. The number of ether oxygens (including phenoxy) is 1. The van der Waals surface area contributed by atoms with E-state index in [0.717, 1.165) is 73.3 Å². The summed E-state index contributed by atoms with van der Waals surface area (Å²) in [6, 6.07) is 6.80. The minimum Gasteiger partial charge on any atom is -0.385 e. The highest BCUT2D eigenvalue weighted by Crippen LogP contribution is 2.32. The molecule has 3 aliphatic heterocycles. The van der Waals surface area contributed by atoms with Crippen LogP contribution in [-0.2, 0) is 27.3 Å². The smallest absolute Gasteiger partial charge is 0.227 e. The van der Waals surface area contributed by atoms with Crippen molar-refractivity contribution in [1.29, 1.82) is 5.41 Å². The highest BCUT2D eigenvalue weighted by molar-refractivity contribution is 6.13. The highest BCUT2D eigenvalue weighted by atomic mass is 16.5. The third-order valence-electron chi connectivity index (χ3n) is 7.99. The molecule has 34 heavy (non-hydrogen) atoms. The van der Waals surface area contributed by atoms with E-state index in [0.29, 0.717) is 43.9 Å². The Hall–Kier alpha value is -2.67. The number of benzene rings is 1. The van der Waals surface area contributed by atoms with Crippen molar-refractivity contribution < 1.29 is 14.3 Å². The quantitative estimate of drug-likeness (QED) is 0.656. The lowest BCUT2D eigenvalue weighted by molar-refractivity contribution is -0.134. The molecule has 4 aliphatic rings. The molecule has 0 spiro atoms. The Morgan fingerprint density at radius 2 is 1.88 bits per heavy atom. The van der Waals surface area contributed by atoms with Gasteiger partial charge in [-0.3, -0.25) is 15.0 Å². The van der Waals surface area contributed by atoms with E-state index in [1.54, 1.807) is 6.92 Å². The first kappa shape index (κ1) is 23.1. The van der Waals surface area contributed by atoms with Crippen LogP contribution in [0.25, 0.3) is 0 Å². The second-order valence-electron chi connectivity index (χ2n) is 10.1. The van der Waals surface area contributed by atoms with Gasteiger partial charge < -0.3 is 19.9 Å². The lowest BCUT2D eigenvalue weighted by atomic mass is 9.87. The van der Waals surface area contributed by atoms with E-state index in [1.807, 2.05) is 17.0 Å². The van der Waals surface area contributed by atoms with Gasteiger partial charge in [0.15, 0.2) is 0 Å². The van der Waals surface area contributed by atoms with Gasteiger partial charge in [0.2, 0.25) is 11.8 Å². The summed E-state index contributed by atoms with van der Waals surface area (Å²) in [5.41, 5.74) is 5.38. The molecule has 2 fully saturated rings. The van der Waals surface area contributed by atoms with Crippen molar-refractivity contribution in [2.24, 2.45) is 0 Å². The molecule has 0 bridgehead atoms. The van der Waals surface area contributed by atoms with Crippen molar-refractivity contribution >= 4 is 17.5 Å². The summed E-state index contributed by atoms with van der Waals surface area (Å²) >= 11 is 0. The Bertz CT molecular complexity index is 1010. The van der Waals surface area contributed by atoms with Gasteiger partial charge in [-0.1, -0.05) is 31.0 Å². The molecule has 3 heterocycles. The predicted molar refractivity (Wildman–Crippen MR) is 131 cm³/mol. The molecule has 5 rings (SSSR count). The van der Waals surface area contributed by atoms with E-state index in [1.165, 1.54) is 12.8 Å². The summed E-state index contributed by atoms with van der Waals surface area (Å²) < 4.78 is 5.51. The van der Waals surface area contributed by atoms with Crippen LogP contribution < -0.4 is 5.32 Å². The van der Waals surface area contributed by atoms with E-state index >= 15 is 0 Å². The molecule has 0 radical (unpaired) electrons. The van der Waals surface area contributed by atoms with Gasteiger partial charge in [-0.2, -0.15) is 0 Å². The monoisotopic (exact) mass is 464 g/mol. The number of carbonyl (C=O) groups is 2. The lowest BCUT2D eigenvalue weighted by Crippen LogP contribution is -2.44. The molecule has 0 atom stereocenters. The third-order valence-corrected chi connectivity index (χ3v) is 7.99. The average Bonchev–Trinajstić information content (AvgIpc) is 3.38. The van der Waals surface area contributed by atoms with Gasteiger partial charge in [0.05, 0.1) is 12.1 Å². The van der Waals surface area contributed by atoms with Crippen LogP contribution in [0.3, 0.4) is 0 Å². The summed E-state index contributed by atoms with van der Waals surface area (Å²) in [4.78, 5) is 29.2. The molecule has 2 N–H and O–H groups in total. The number of fused-ring (bicyclic) bond motifs is 1. The first-order chi connectivity index (χ1) is 16.5. The van der Waals surface area contributed by atoms with E-state index in [4.69, 9.17) is 4.74 Å². The average molecular weight is 465 g/mol. The first-order valence-electron chi connectivity index (χ1n) is 12.8. The SMILES string of the molecule is CC(=O)N1CCC(NC2CCOCC2)=C(C(=N)c2cccc3c2CC(=O)N(C2CCCC2)C3)C1. The minimum absolute atomic E-state index is 0.0351. The van der Waals surface area contributed by atoms with Crippen LogP contribution in [0.15, 0.2) is 29.5 Å². The zero-order valence-electron chi connectivity index (χ0n) is 20.2. The maximum absolute atomic E-state index is 13.1. The van der Waals surface area contributed by atoms with Crippen LogP contribution >= 0.6 is 0 Å². The van der Waals surface area contributed by atoms with Gasteiger partial charge in [-0.25, -0.2) is 0 Å². The van der Waals surface area contributed by atoms with E-state index in [2.05, 4.69) is 16.3 Å². The molecule has 7 nitrogen and oxygen atoms in total. The zero-order valence-corrected chi connectivity index (χ0v) is 20.2. The summed E-state index contributed by atoms with van der Waals surface area (Å²) in [5.74, 6) is 0.219. The highest BCUT2D eigenvalue weighted by Gasteiger charge is 2.33. The number of hydrogen-bond acceptors (Lipinski definition) is 5. The zero-order chi connectivity index (χ0) is 23.7. The van der Waals surface area contributed by atoms with Gasteiger partial charge in [0, 0.05) is 75.1 Å². The van der Waals surface area contributed by atoms with Crippen LogP contribution in [-0.4, -0.2) is 65.7 Å². The molecular weight excluding hydrogens is 428 g/mol. The van der Waals surface area contributed by atoms with E-state index in [9.17, 15) is 15.0 Å². The number of carbonyl (C=O) groups excluding carboxylic acids is 2. The Labute approximate surface area is 202 Å². The topological polar surface area (TPSA) is 85.7 Å². The number of amides is 2. The Kier molecular flexibility index (Phi) is 6.73. The van der Waals surface area contributed by atoms with Crippen molar-refractivity contribution in [3.05, 3.63) is 46.2 Å². The molecular formula is C27H36N4O3. The molecule has 182 valence electrons. The lowest BCUT2D eigenvalue weighted by Gasteiger charge is -2.36. The van der Waals surface area contributed by atoms with Crippen LogP contribution in [0, 0.1) is 5.41 Å². The van der Waals surface area contributed by atoms with Crippen molar-refractivity contribution in [3.63, 3.8) is 0 Å². The van der Waals surface area contributed by atoms with Crippen LogP contribution in [0.2, 0.25) is 0 Å². The van der Waals surface area contributed by atoms with Crippen molar-refractivity contribution in [1.82, 2.24) is 15.1 Å². The summed E-state index contributed by atoms with van der Waals surface area (Å²) in [5, 5.41) is 12.9. The Morgan fingerprint density at radius 3 is 2.62 bits per heavy atom. The maximum Gasteiger partial charge on any atom is 0.227 e. The standard InChI is InChI=1S/C27H36N4O3/c1-18(32)30-12-9-25(29-20-10-13-34-14-11-20)24(17-30)27(28)22-8-4-5-19-16-31(21-6-2-3-7-21)26(33)15-23(19)22/h4-5,8,20-21,28-29H,2-3,6-7,9-17H2,1H3. The third kappa shape index (κ3) is 4.63. The second kappa shape index (κ2) is 9.90. The number of hydrogen-bond donors (Lipinski definition) is 2. The van der Waals surface area contributed by atoms with Crippen molar-refractivity contribution in [3.8, 4) is 0 Å². The predicted octanol–water partition coefficient (Wildman–Crippen LogP) is 3.16. The number of rotatable bonds is 5. The van der Waals surface area contributed by atoms with Crippen molar-refractivity contribution in [2.75, 3.05) is 26.3 Å². The molecule has 1 saturated heterocycles. The fourth-order valence-corrected chi connectivity index (χ4v) is 5.97. The molecule has 2 amide bonds. The Balaban J connectivity index is 1.45. The van der Waals surface area contributed by atoms with Gasteiger partial charge in [-0.15, -0.1) is 0 Å².